The van der Waals surface area contributed by atoms with Crippen LogP contribution >= 0.6 is 0 Å². The highest BCUT2D eigenvalue weighted by Gasteiger charge is 2.23. The largest absolute Gasteiger partial charge is 0.395 e. The van der Waals surface area contributed by atoms with Crippen LogP contribution in [0, 0.1) is 0 Å². The van der Waals surface area contributed by atoms with Gasteiger partial charge in [0.25, 0.3) is 0 Å². The van der Waals surface area contributed by atoms with Crippen molar-refractivity contribution < 1.29 is 5.11 Å². The third-order valence-corrected chi connectivity index (χ3v) is 3.90. The van der Waals surface area contributed by atoms with Crippen LogP contribution in [0.15, 0.2) is 12.5 Å². The van der Waals surface area contributed by atoms with Gasteiger partial charge in [-0.3, -0.25) is 4.90 Å². The maximum absolute atomic E-state index is 9.24. The van der Waals surface area contributed by atoms with Gasteiger partial charge in [0.2, 0.25) is 0 Å². The quantitative estimate of drug-likeness (QED) is 0.842. The van der Waals surface area contributed by atoms with Gasteiger partial charge in [-0.25, -0.2) is 4.98 Å². The van der Waals surface area contributed by atoms with Crippen LogP contribution in [0.5, 0.6) is 0 Å². The molecule has 4 nitrogen and oxygen atoms in total. The van der Waals surface area contributed by atoms with Gasteiger partial charge in [-0.15, -0.1) is 0 Å². The predicted octanol–water partition coefficient (Wildman–Crippen LogP) is 2.20. The fourth-order valence-electron chi connectivity index (χ4n) is 2.92. The number of imidazole rings is 1. The summed E-state index contributed by atoms with van der Waals surface area (Å²) < 4.78 is 2.22. The fraction of sp³-hybridized carbons (Fsp3) is 0.786. The highest BCUT2D eigenvalue weighted by molar-refractivity contribution is 5.00. The summed E-state index contributed by atoms with van der Waals surface area (Å²) in [7, 11) is 0. The molecule has 1 N–H and O–H groups in total. The number of nitrogens with zero attached hydrogens (tertiary/aromatic N) is 3. The summed E-state index contributed by atoms with van der Waals surface area (Å²) in [5, 5.41) is 9.24. The van der Waals surface area contributed by atoms with Crippen molar-refractivity contribution in [2.24, 2.45) is 0 Å². The molecule has 0 radical (unpaired) electrons. The molecule has 1 aromatic rings. The first-order valence-electron chi connectivity index (χ1n) is 7.08. The van der Waals surface area contributed by atoms with Gasteiger partial charge in [-0.05, 0) is 26.7 Å². The van der Waals surface area contributed by atoms with Gasteiger partial charge in [0.15, 0.2) is 0 Å². The summed E-state index contributed by atoms with van der Waals surface area (Å²) in [4.78, 5) is 6.68. The Balaban J connectivity index is 2.05. The molecule has 0 saturated heterocycles. The first-order valence-corrected chi connectivity index (χ1v) is 7.08. The Morgan fingerprint density at radius 1 is 1.44 bits per heavy atom. The van der Waals surface area contributed by atoms with Gasteiger partial charge in [-0.1, -0.05) is 12.8 Å². The lowest BCUT2D eigenvalue weighted by Gasteiger charge is -2.28. The van der Waals surface area contributed by atoms with Crippen molar-refractivity contribution in [3.05, 3.63) is 18.2 Å². The second kappa shape index (κ2) is 6.34. The van der Waals surface area contributed by atoms with Crippen molar-refractivity contribution in [3.8, 4) is 0 Å². The minimum atomic E-state index is 0.242. The third kappa shape index (κ3) is 3.12. The Hall–Kier alpha value is -0.870. The standard InChI is InChI=1S/C14H25N3O/c1-12(2)17-11-15-9-14(17)10-16(7-8-18)13-5-3-4-6-13/h9,11-13,18H,3-8,10H2,1-2H3. The smallest absolute Gasteiger partial charge is 0.0951 e. The third-order valence-electron chi connectivity index (χ3n) is 3.90. The molecular formula is C14H25N3O. The number of hydrogen-bond acceptors (Lipinski definition) is 3. The van der Waals surface area contributed by atoms with Crippen LogP contribution in [0.3, 0.4) is 0 Å². The molecule has 0 aromatic carbocycles. The van der Waals surface area contributed by atoms with E-state index >= 15 is 0 Å². The van der Waals surface area contributed by atoms with Crippen LogP contribution in [0.2, 0.25) is 0 Å². The van der Waals surface area contributed by atoms with Gasteiger partial charge in [0.05, 0.1) is 18.6 Å². The Kier molecular flexibility index (Phi) is 4.78. The SMILES string of the molecule is CC(C)n1cncc1CN(CCO)C1CCCC1. The van der Waals surface area contributed by atoms with Crippen LogP contribution in [0.4, 0.5) is 0 Å². The molecule has 102 valence electrons. The topological polar surface area (TPSA) is 41.3 Å². The highest BCUT2D eigenvalue weighted by Crippen LogP contribution is 2.25. The lowest BCUT2D eigenvalue weighted by atomic mass is 10.2. The average molecular weight is 251 g/mol. The van der Waals surface area contributed by atoms with E-state index in [0.717, 1.165) is 13.1 Å². The first kappa shape index (κ1) is 13.6. The van der Waals surface area contributed by atoms with E-state index in [-0.39, 0.29) is 6.61 Å². The lowest BCUT2D eigenvalue weighted by molar-refractivity contribution is 0.141. The molecule has 4 heteroatoms. The molecule has 1 heterocycles. The molecular weight excluding hydrogens is 226 g/mol. The Morgan fingerprint density at radius 3 is 2.78 bits per heavy atom. The Labute approximate surface area is 110 Å². The molecule has 1 fully saturated rings. The molecule has 0 spiro atoms. The molecule has 1 aromatic heterocycles. The van der Waals surface area contributed by atoms with Crippen LogP contribution in [-0.2, 0) is 6.54 Å². The summed E-state index contributed by atoms with van der Waals surface area (Å²) in [6.07, 6.45) is 9.07. The van der Waals surface area contributed by atoms with Gasteiger partial charge in [0.1, 0.15) is 0 Å². The average Bonchev–Trinajstić information content (AvgIpc) is 2.99. The van der Waals surface area contributed by atoms with E-state index in [1.807, 2.05) is 12.5 Å². The van der Waals surface area contributed by atoms with Gasteiger partial charge in [-0.2, -0.15) is 0 Å². The fourth-order valence-corrected chi connectivity index (χ4v) is 2.92. The minimum absolute atomic E-state index is 0.242. The van der Waals surface area contributed by atoms with E-state index in [2.05, 4.69) is 28.3 Å². The van der Waals surface area contributed by atoms with Crippen LogP contribution in [0.25, 0.3) is 0 Å². The maximum atomic E-state index is 9.24. The normalized spacial score (nSPS) is 17.2. The summed E-state index contributed by atoms with van der Waals surface area (Å²) in [6.45, 7) is 6.28. The molecule has 2 rings (SSSR count). The number of aliphatic hydroxyl groups is 1. The summed E-state index contributed by atoms with van der Waals surface area (Å²) in [5.41, 5.74) is 1.25. The van der Waals surface area contributed by atoms with Crippen molar-refractivity contribution >= 4 is 0 Å². The van der Waals surface area contributed by atoms with Crippen molar-refractivity contribution in [2.45, 2.75) is 58.2 Å². The molecule has 0 atom stereocenters. The van der Waals surface area contributed by atoms with Gasteiger partial charge in [0, 0.05) is 31.4 Å². The predicted molar refractivity (Wildman–Crippen MR) is 72.4 cm³/mol. The second-order valence-corrected chi connectivity index (χ2v) is 5.52. The Bertz CT molecular complexity index is 356. The number of aromatic nitrogens is 2. The molecule has 1 aliphatic carbocycles. The van der Waals surface area contributed by atoms with E-state index in [0.29, 0.717) is 12.1 Å². The van der Waals surface area contributed by atoms with E-state index in [9.17, 15) is 5.11 Å². The van der Waals surface area contributed by atoms with E-state index in [4.69, 9.17) is 0 Å². The summed E-state index contributed by atoms with van der Waals surface area (Å²) in [6, 6.07) is 1.09. The number of rotatable bonds is 6. The molecule has 0 aliphatic heterocycles. The summed E-state index contributed by atoms with van der Waals surface area (Å²) >= 11 is 0. The molecule has 18 heavy (non-hydrogen) atoms. The van der Waals surface area contributed by atoms with E-state index < -0.39 is 0 Å². The van der Waals surface area contributed by atoms with Crippen LogP contribution in [-0.4, -0.2) is 38.8 Å². The van der Waals surface area contributed by atoms with Crippen molar-refractivity contribution in [2.75, 3.05) is 13.2 Å². The molecule has 1 aliphatic rings. The molecule has 1 saturated carbocycles. The molecule has 0 unspecified atom stereocenters. The van der Waals surface area contributed by atoms with Crippen LogP contribution in [0.1, 0.15) is 51.3 Å². The zero-order chi connectivity index (χ0) is 13.0. The Morgan fingerprint density at radius 2 is 2.17 bits per heavy atom. The number of hydrogen-bond donors (Lipinski definition) is 1. The lowest BCUT2D eigenvalue weighted by Crippen LogP contribution is -2.35. The van der Waals surface area contributed by atoms with E-state index in [1.54, 1.807) is 0 Å². The van der Waals surface area contributed by atoms with Crippen molar-refractivity contribution in [3.63, 3.8) is 0 Å². The molecule has 0 amide bonds. The van der Waals surface area contributed by atoms with Crippen molar-refractivity contribution in [1.29, 1.82) is 0 Å². The maximum Gasteiger partial charge on any atom is 0.0951 e. The summed E-state index contributed by atoms with van der Waals surface area (Å²) in [5.74, 6) is 0. The highest BCUT2D eigenvalue weighted by atomic mass is 16.3. The monoisotopic (exact) mass is 251 g/mol. The zero-order valence-corrected chi connectivity index (χ0v) is 11.5. The minimum Gasteiger partial charge on any atom is -0.395 e. The first-order chi connectivity index (χ1) is 8.72. The number of aliphatic hydroxyl groups excluding tert-OH is 1. The second-order valence-electron chi connectivity index (χ2n) is 5.52. The molecule has 0 bridgehead atoms. The van der Waals surface area contributed by atoms with Gasteiger partial charge < -0.3 is 9.67 Å². The van der Waals surface area contributed by atoms with E-state index in [1.165, 1.54) is 31.4 Å². The zero-order valence-electron chi connectivity index (χ0n) is 11.5. The van der Waals surface area contributed by atoms with Crippen molar-refractivity contribution in [1.82, 2.24) is 14.5 Å². The van der Waals surface area contributed by atoms with Crippen LogP contribution < -0.4 is 0 Å². The van der Waals surface area contributed by atoms with Gasteiger partial charge >= 0.3 is 0 Å².